The SMILES string of the molecule is CCC1CN(C)CCCN1c1cc(N)c(C#N)s1. The number of nitrogens with zero attached hydrogens (tertiary/aromatic N) is 3. The van der Waals surface area contributed by atoms with Crippen molar-refractivity contribution in [2.24, 2.45) is 0 Å². The molecule has 0 amide bonds. The topological polar surface area (TPSA) is 56.3 Å². The Morgan fingerprint density at radius 1 is 1.56 bits per heavy atom. The maximum Gasteiger partial charge on any atom is 0.129 e. The van der Waals surface area contributed by atoms with Gasteiger partial charge in [-0.05, 0) is 32.5 Å². The first-order valence-corrected chi connectivity index (χ1v) is 7.22. The molecule has 1 aliphatic rings. The van der Waals surface area contributed by atoms with E-state index in [0.717, 1.165) is 37.5 Å². The lowest BCUT2D eigenvalue weighted by Crippen LogP contribution is -2.39. The molecule has 0 aliphatic carbocycles. The summed E-state index contributed by atoms with van der Waals surface area (Å²) in [7, 11) is 2.18. The van der Waals surface area contributed by atoms with Gasteiger partial charge >= 0.3 is 0 Å². The monoisotopic (exact) mass is 264 g/mol. The van der Waals surface area contributed by atoms with Crippen LogP contribution in [-0.4, -0.2) is 37.6 Å². The Bertz CT molecular complexity index is 448. The molecule has 0 radical (unpaired) electrons. The molecule has 4 nitrogen and oxygen atoms in total. The first-order valence-electron chi connectivity index (χ1n) is 6.40. The molecule has 2 heterocycles. The Labute approximate surface area is 113 Å². The third-order valence-corrected chi connectivity index (χ3v) is 4.60. The molecule has 0 bridgehead atoms. The van der Waals surface area contributed by atoms with E-state index < -0.39 is 0 Å². The number of nitrogen functional groups attached to an aromatic ring is 1. The fourth-order valence-electron chi connectivity index (χ4n) is 2.50. The molecule has 0 aromatic carbocycles. The minimum atomic E-state index is 0.516. The molecule has 18 heavy (non-hydrogen) atoms. The van der Waals surface area contributed by atoms with Crippen molar-refractivity contribution in [2.45, 2.75) is 25.8 Å². The van der Waals surface area contributed by atoms with Crippen molar-refractivity contribution in [1.29, 1.82) is 5.26 Å². The molecule has 98 valence electrons. The van der Waals surface area contributed by atoms with Crippen LogP contribution in [0.4, 0.5) is 10.7 Å². The molecule has 0 spiro atoms. The highest BCUT2D eigenvalue weighted by molar-refractivity contribution is 7.17. The smallest absolute Gasteiger partial charge is 0.129 e. The van der Waals surface area contributed by atoms with Crippen LogP contribution >= 0.6 is 11.3 Å². The predicted molar refractivity (Wildman–Crippen MR) is 77.0 cm³/mol. The van der Waals surface area contributed by atoms with Crippen molar-refractivity contribution in [3.63, 3.8) is 0 Å². The Morgan fingerprint density at radius 2 is 2.33 bits per heavy atom. The van der Waals surface area contributed by atoms with E-state index in [2.05, 4.69) is 29.8 Å². The molecule has 1 aliphatic heterocycles. The number of nitriles is 1. The zero-order valence-corrected chi connectivity index (χ0v) is 11.8. The summed E-state index contributed by atoms with van der Waals surface area (Å²) in [5.41, 5.74) is 6.48. The van der Waals surface area contributed by atoms with Crippen LogP contribution in [0.2, 0.25) is 0 Å². The highest BCUT2D eigenvalue weighted by Crippen LogP contribution is 2.34. The van der Waals surface area contributed by atoms with E-state index in [1.165, 1.54) is 11.3 Å². The van der Waals surface area contributed by atoms with E-state index >= 15 is 0 Å². The zero-order chi connectivity index (χ0) is 13.1. The Kier molecular flexibility index (Phi) is 4.10. The van der Waals surface area contributed by atoms with Gasteiger partial charge in [0.25, 0.3) is 0 Å². The van der Waals surface area contributed by atoms with Gasteiger partial charge in [-0.25, -0.2) is 0 Å². The highest BCUT2D eigenvalue weighted by atomic mass is 32.1. The van der Waals surface area contributed by atoms with Crippen molar-refractivity contribution in [3.05, 3.63) is 10.9 Å². The summed E-state index contributed by atoms with van der Waals surface area (Å²) in [6.45, 7) is 5.49. The maximum absolute atomic E-state index is 9.00. The summed E-state index contributed by atoms with van der Waals surface area (Å²) >= 11 is 1.52. The van der Waals surface area contributed by atoms with E-state index in [-0.39, 0.29) is 0 Å². The molecule has 2 rings (SSSR count). The van der Waals surface area contributed by atoms with Crippen molar-refractivity contribution < 1.29 is 0 Å². The number of anilines is 2. The number of thiophene rings is 1. The van der Waals surface area contributed by atoms with E-state index in [4.69, 9.17) is 11.0 Å². The van der Waals surface area contributed by atoms with E-state index in [1.54, 1.807) is 0 Å². The number of likely N-dealkylation sites (N-methyl/N-ethyl adjacent to an activating group) is 1. The van der Waals surface area contributed by atoms with Gasteiger partial charge < -0.3 is 15.5 Å². The summed E-state index contributed by atoms with van der Waals surface area (Å²) in [5.74, 6) is 0. The van der Waals surface area contributed by atoms with Gasteiger partial charge in [0.2, 0.25) is 0 Å². The lowest BCUT2D eigenvalue weighted by Gasteiger charge is -2.30. The second kappa shape index (κ2) is 5.59. The van der Waals surface area contributed by atoms with Gasteiger partial charge in [0.05, 0.1) is 10.7 Å². The largest absolute Gasteiger partial charge is 0.397 e. The van der Waals surface area contributed by atoms with Crippen molar-refractivity contribution in [1.82, 2.24) is 4.90 Å². The van der Waals surface area contributed by atoms with Crippen molar-refractivity contribution in [2.75, 3.05) is 37.3 Å². The van der Waals surface area contributed by atoms with Crippen LogP contribution in [0.15, 0.2) is 6.07 Å². The average Bonchev–Trinajstić information content (AvgIpc) is 2.62. The van der Waals surface area contributed by atoms with E-state index in [1.807, 2.05) is 6.07 Å². The Hall–Kier alpha value is -1.25. The van der Waals surface area contributed by atoms with Crippen LogP contribution in [0.1, 0.15) is 24.6 Å². The number of nitrogens with two attached hydrogens (primary N) is 1. The molecular weight excluding hydrogens is 244 g/mol. The van der Waals surface area contributed by atoms with Gasteiger partial charge in [-0.1, -0.05) is 6.92 Å². The minimum absolute atomic E-state index is 0.516. The lowest BCUT2D eigenvalue weighted by atomic mass is 10.2. The Balaban J connectivity index is 2.26. The standard InChI is InChI=1S/C13H20N4S/c1-3-10-9-16(2)5-4-6-17(10)13-7-11(15)12(8-14)18-13/h7,10H,3-6,9,15H2,1-2H3. The minimum Gasteiger partial charge on any atom is -0.397 e. The third-order valence-electron chi connectivity index (χ3n) is 3.51. The second-order valence-corrected chi connectivity index (χ2v) is 5.88. The van der Waals surface area contributed by atoms with Crippen molar-refractivity contribution in [3.8, 4) is 6.07 Å². The zero-order valence-electron chi connectivity index (χ0n) is 11.0. The average molecular weight is 264 g/mol. The Morgan fingerprint density at radius 3 is 2.94 bits per heavy atom. The highest BCUT2D eigenvalue weighted by Gasteiger charge is 2.24. The fraction of sp³-hybridized carbons (Fsp3) is 0.615. The van der Waals surface area contributed by atoms with E-state index in [0.29, 0.717) is 16.6 Å². The van der Waals surface area contributed by atoms with Gasteiger partial charge in [-0.3, -0.25) is 0 Å². The third kappa shape index (κ3) is 2.60. The number of hydrogen-bond acceptors (Lipinski definition) is 5. The number of rotatable bonds is 2. The van der Waals surface area contributed by atoms with Gasteiger partial charge in [0, 0.05) is 19.1 Å². The van der Waals surface area contributed by atoms with Gasteiger partial charge in [-0.15, -0.1) is 11.3 Å². The first-order chi connectivity index (χ1) is 8.65. The summed E-state index contributed by atoms with van der Waals surface area (Å²) in [5, 5.41) is 10.1. The molecule has 1 unspecified atom stereocenters. The number of hydrogen-bond donors (Lipinski definition) is 1. The van der Waals surface area contributed by atoms with Crippen LogP contribution < -0.4 is 10.6 Å². The normalized spacial score (nSPS) is 21.6. The summed E-state index contributed by atoms with van der Waals surface area (Å²) < 4.78 is 0. The molecular formula is C13H20N4S. The molecule has 1 fully saturated rings. The van der Waals surface area contributed by atoms with Crippen LogP contribution in [0.3, 0.4) is 0 Å². The molecule has 1 aromatic heterocycles. The lowest BCUT2D eigenvalue weighted by molar-refractivity contribution is 0.328. The maximum atomic E-state index is 9.00. The fourth-order valence-corrected chi connectivity index (χ4v) is 3.48. The molecule has 5 heteroatoms. The summed E-state index contributed by atoms with van der Waals surface area (Å²) in [6.07, 6.45) is 2.27. The molecule has 1 aromatic rings. The summed E-state index contributed by atoms with van der Waals surface area (Å²) in [4.78, 5) is 5.44. The van der Waals surface area contributed by atoms with Crippen LogP contribution in [-0.2, 0) is 0 Å². The predicted octanol–water partition coefficient (Wildman–Crippen LogP) is 2.12. The first kappa shape index (κ1) is 13.2. The molecule has 0 saturated carbocycles. The van der Waals surface area contributed by atoms with Gasteiger partial charge in [0.1, 0.15) is 10.9 Å². The second-order valence-electron chi connectivity index (χ2n) is 4.85. The van der Waals surface area contributed by atoms with Crippen LogP contribution in [0, 0.1) is 11.3 Å². The molecule has 1 atom stereocenters. The molecule has 2 N–H and O–H groups in total. The molecule has 1 saturated heterocycles. The van der Waals surface area contributed by atoms with Gasteiger partial charge in [-0.2, -0.15) is 5.26 Å². The van der Waals surface area contributed by atoms with Crippen LogP contribution in [0.5, 0.6) is 0 Å². The van der Waals surface area contributed by atoms with Crippen molar-refractivity contribution >= 4 is 22.0 Å². The van der Waals surface area contributed by atoms with Gasteiger partial charge in [0.15, 0.2) is 0 Å². The quantitative estimate of drug-likeness (QED) is 0.889. The van der Waals surface area contributed by atoms with E-state index in [9.17, 15) is 0 Å². The van der Waals surface area contributed by atoms with Crippen LogP contribution in [0.25, 0.3) is 0 Å². The summed E-state index contributed by atoms with van der Waals surface area (Å²) in [6, 6.07) is 4.64.